The molecule has 2 aromatic rings. The van der Waals surface area contributed by atoms with Gasteiger partial charge in [0.15, 0.2) is 5.60 Å². The van der Waals surface area contributed by atoms with Crippen LogP contribution in [0.3, 0.4) is 0 Å². The molecule has 1 saturated heterocycles. The summed E-state index contributed by atoms with van der Waals surface area (Å²) in [5, 5.41) is 12.9. The molecule has 3 rings (SSSR count). The number of anilines is 1. The van der Waals surface area contributed by atoms with E-state index < -0.39 is 36.1 Å². The summed E-state index contributed by atoms with van der Waals surface area (Å²) < 4.78 is 51.5. The van der Waals surface area contributed by atoms with E-state index in [2.05, 4.69) is 25.8 Å². The number of cyclic esters (lactones) is 1. The van der Waals surface area contributed by atoms with Crippen LogP contribution in [-0.4, -0.2) is 73.0 Å². The standard InChI is InChI=1S/C17H20F3N7O4S/c1-16(7-27(9-32-3)15(29)31-16)8-30-6-11-10(4-5-12(21-11)17(18,19)20)13(28)22-14-23-24-25-26(14)2/h4-5H,6-9H2,1-3H3,(H,22,23,25,28). The molecule has 32 heavy (non-hydrogen) atoms. The van der Waals surface area contributed by atoms with Crippen LogP contribution in [0.25, 0.3) is 0 Å². The molecule has 0 spiro atoms. The van der Waals surface area contributed by atoms with E-state index in [-0.39, 0.29) is 30.4 Å². The van der Waals surface area contributed by atoms with Gasteiger partial charge in [0.25, 0.3) is 5.91 Å². The molecule has 2 amide bonds. The second-order valence-electron chi connectivity index (χ2n) is 7.20. The predicted molar refractivity (Wildman–Crippen MR) is 106 cm³/mol. The van der Waals surface area contributed by atoms with E-state index in [4.69, 9.17) is 9.47 Å². The number of pyridine rings is 1. The van der Waals surface area contributed by atoms with Crippen LogP contribution in [-0.2, 0) is 29.3 Å². The van der Waals surface area contributed by atoms with Crippen LogP contribution in [0, 0.1) is 0 Å². The number of rotatable bonds is 8. The molecule has 1 N–H and O–H groups in total. The molecule has 1 atom stereocenters. The number of nitrogens with zero attached hydrogens (tertiary/aromatic N) is 6. The first-order valence-electron chi connectivity index (χ1n) is 9.18. The monoisotopic (exact) mass is 475 g/mol. The van der Waals surface area contributed by atoms with Crippen molar-refractivity contribution in [1.82, 2.24) is 30.1 Å². The van der Waals surface area contributed by atoms with Gasteiger partial charge in [0.05, 0.1) is 36.9 Å². The lowest BCUT2D eigenvalue weighted by molar-refractivity contribution is -0.141. The summed E-state index contributed by atoms with van der Waals surface area (Å²) in [5.74, 6) is -0.321. The van der Waals surface area contributed by atoms with Crippen molar-refractivity contribution >= 4 is 29.7 Å². The summed E-state index contributed by atoms with van der Waals surface area (Å²) in [5.41, 5.74) is -2.53. The van der Waals surface area contributed by atoms with E-state index >= 15 is 0 Å². The Morgan fingerprint density at radius 2 is 2.16 bits per heavy atom. The van der Waals surface area contributed by atoms with Crippen LogP contribution in [0.5, 0.6) is 0 Å². The molecule has 0 radical (unpaired) electrons. The molecule has 1 fully saturated rings. The summed E-state index contributed by atoms with van der Waals surface area (Å²) in [7, 11) is 1.48. The van der Waals surface area contributed by atoms with Gasteiger partial charge in [0.1, 0.15) is 5.69 Å². The highest BCUT2D eigenvalue weighted by Crippen LogP contribution is 2.29. The highest BCUT2D eigenvalue weighted by molar-refractivity contribution is 7.98. The molecular weight excluding hydrogens is 455 g/mol. The third-order valence-corrected chi connectivity index (χ3v) is 4.97. The van der Waals surface area contributed by atoms with Crippen molar-refractivity contribution in [2.75, 3.05) is 30.6 Å². The van der Waals surface area contributed by atoms with Gasteiger partial charge < -0.3 is 9.47 Å². The molecule has 1 aliphatic heterocycles. The van der Waals surface area contributed by atoms with Crippen molar-refractivity contribution in [3.8, 4) is 0 Å². The molecular formula is C17H20F3N7O4S. The van der Waals surface area contributed by atoms with Gasteiger partial charge in [-0.1, -0.05) is 5.10 Å². The number of alkyl halides is 3. The van der Waals surface area contributed by atoms with E-state index in [1.807, 2.05) is 6.26 Å². The molecule has 0 saturated carbocycles. The van der Waals surface area contributed by atoms with Gasteiger partial charge in [0.2, 0.25) is 5.95 Å². The van der Waals surface area contributed by atoms with Crippen molar-refractivity contribution in [2.24, 2.45) is 7.05 Å². The molecule has 174 valence electrons. The van der Waals surface area contributed by atoms with Crippen LogP contribution in [0.1, 0.15) is 28.7 Å². The zero-order valence-electron chi connectivity index (χ0n) is 17.3. The largest absolute Gasteiger partial charge is 0.439 e. The summed E-state index contributed by atoms with van der Waals surface area (Å²) in [4.78, 5) is 29.6. The lowest BCUT2D eigenvalue weighted by atomic mass is 10.1. The first kappa shape index (κ1) is 23.7. The molecule has 3 heterocycles. The fourth-order valence-corrected chi connectivity index (χ4v) is 3.46. The van der Waals surface area contributed by atoms with Gasteiger partial charge in [0, 0.05) is 7.05 Å². The second-order valence-corrected chi connectivity index (χ2v) is 8.03. The van der Waals surface area contributed by atoms with Crippen molar-refractivity contribution in [3.63, 3.8) is 0 Å². The van der Waals surface area contributed by atoms with Crippen molar-refractivity contribution in [3.05, 3.63) is 29.1 Å². The quantitative estimate of drug-likeness (QED) is 0.610. The number of tetrazole rings is 1. The number of nitrogens with one attached hydrogen (secondary N) is 1. The van der Waals surface area contributed by atoms with Crippen LogP contribution in [0.4, 0.5) is 23.9 Å². The Hall–Kier alpha value is -2.94. The highest BCUT2D eigenvalue weighted by atomic mass is 32.2. The van der Waals surface area contributed by atoms with Gasteiger partial charge >= 0.3 is 12.3 Å². The number of aryl methyl sites for hydroxylation is 1. The van der Waals surface area contributed by atoms with Crippen LogP contribution < -0.4 is 5.32 Å². The van der Waals surface area contributed by atoms with Gasteiger partial charge in [-0.15, -0.1) is 11.8 Å². The van der Waals surface area contributed by atoms with Gasteiger partial charge in [-0.2, -0.15) is 13.2 Å². The van der Waals surface area contributed by atoms with Gasteiger partial charge in [-0.3, -0.25) is 15.0 Å². The van der Waals surface area contributed by atoms with Crippen LogP contribution in [0.15, 0.2) is 12.1 Å². The topological polar surface area (TPSA) is 124 Å². The number of hydrogen-bond acceptors (Lipinski definition) is 9. The molecule has 11 nitrogen and oxygen atoms in total. The summed E-state index contributed by atoms with van der Waals surface area (Å²) in [6.07, 6.45) is -3.37. The Morgan fingerprint density at radius 3 is 2.78 bits per heavy atom. The number of hydrogen-bond donors (Lipinski definition) is 1. The first-order valence-corrected chi connectivity index (χ1v) is 10.6. The molecule has 1 aliphatic rings. The maximum atomic E-state index is 13.1. The number of halogens is 3. The summed E-state index contributed by atoms with van der Waals surface area (Å²) in [6, 6.07) is 1.71. The molecule has 0 aromatic carbocycles. The minimum Gasteiger partial charge on any atom is -0.439 e. The molecule has 0 bridgehead atoms. The maximum Gasteiger partial charge on any atom is 0.433 e. The SMILES string of the molecule is CSCN1CC(C)(COCc2nc(C(F)(F)F)ccc2C(=O)Nc2nnnn2C)OC1=O. The van der Waals surface area contributed by atoms with E-state index in [1.54, 1.807) is 6.92 Å². The van der Waals surface area contributed by atoms with E-state index in [9.17, 15) is 22.8 Å². The zero-order chi connectivity index (χ0) is 23.5. The predicted octanol–water partition coefficient (Wildman–Crippen LogP) is 1.92. The molecule has 15 heteroatoms. The minimum absolute atomic E-state index is 0.000954. The van der Waals surface area contributed by atoms with Gasteiger partial charge in [-0.25, -0.2) is 14.5 Å². The van der Waals surface area contributed by atoms with E-state index in [0.717, 1.165) is 6.07 Å². The Kier molecular flexibility index (Phi) is 6.88. The summed E-state index contributed by atoms with van der Waals surface area (Å²) >= 11 is 1.44. The number of aromatic nitrogens is 5. The lowest BCUT2D eigenvalue weighted by Crippen LogP contribution is -2.36. The fourth-order valence-electron chi connectivity index (χ4n) is 2.95. The van der Waals surface area contributed by atoms with Crippen LogP contribution >= 0.6 is 11.8 Å². The van der Waals surface area contributed by atoms with Gasteiger partial charge in [-0.05, 0) is 35.7 Å². The Labute approximate surface area is 184 Å². The summed E-state index contributed by atoms with van der Waals surface area (Å²) in [6.45, 7) is 1.39. The maximum absolute atomic E-state index is 13.1. The smallest absolute Gasteiger partial charge is 0.433 e. The van der Waals surface area contributed by atoms with Crippen molar-refractivity contribution < 1.29 is 32.2 Å². The van der Waals surface area contributed by atoms with E-state index in [1.165, 1.54) is 28.4 Å². The number of carbonyl (C=O) groups is 2. The zero-order valence-corrected chi connectivity index (χ0v) is 18.2. The molecule has 0 aliphatic carbocycles. The Morgan fingerprint density at radius 1 is 1.41 bits per heavy atom. The average Bonchev–Trinajstić information content (AvgIpc) is 3.23. The Balaban J connectivity index is 1.75. The van der Waals surface area contributed by atoms with E-state index in [0.29, 0.717) is 11.9 Å². The Bertz CT molecular complexity index is 1000. The second kappa shape index (κ2) is 9.28. The fraction of sp³-hybridized carbons (Fsp3) is 0.529. The lowest BCUT2D eigenvalue weighted by Gasteiger charge is -2.22. The number of ether oxygens (including phenoxy) is 2. The van der Waals surface area contributed by atoms with Crippen molar-refractivity contribution in [2.45, 2.75) is 25.3 Å². The number of thioether (sulfide) groups is 1. The third kappa shape index (κ3) is 5.45. The van der Waals surface area contributed by atoms with Crippen LogP contribution in [0.2, 0.25) is 0 Å². The average molecular weight is 475 g/mol. The minimum atomic E-state index is -4.71. The third-order valence-electron chi connectivity index (χ3n) is 4.40. The molecule has 2 aromatic heterocycles. The number of carbonyl (C=O) groups excluding carboxylic acids is 2. The normalized spacial score (nSPS) is 18.7. The number of amides is 2. The first-order chi connectivity index (χ1) is 15.0. The highest BCUT2D eigenvalue weighted by Gasteiger charge is 2.41. The molecule has 1 unspecified atom stereocenters. The van der Waals surface area contributed by atoms with Crippen molar-refractivity contribution in [1.29, 1.82) is 0 Å².